The number of aromatic nitrogens is 1. The van der Waals surface area contributed by atoms with Crippen molar-refractivity contribution in [2.45, 2.75) is 25.3 Å². The molecule has 0 amide bonds. The minimum Gasteiger partial charge on any atom is -0.429 e. The van der Waals surface area contributed by atoms with Crippen molar-refractivity contribution in [3.05, 3.63) is 112 Å². The molecule has 236 valence electrons. The molecular weight excluding hydrogens is 654 g/mol. The zero-order valence-electron chi connectivity index (χ0n) is 22.0. The lowest BCUT2D eigenvalue weighted by Crippen LogP contribution is -2.27. The number of halogens is 12. The van der Waals surface area contributed by atoms with Gasteiger partial charge in [-0.1, -0.05) is 12.1 Å². The van der Waals surface area contributed by atoms with E-state index < -0.39 is 75.7 Å². The van der Waals surface area contributed by atoms with Crippen molar-refractivity contribution in [2.24, 2.45) is 0 Å². The molecule has 0 bridgehead atoms. The van der Waals surface area contributed by atoms with E-state index in [4.69, 9.17) is 0 Å². The van der Waals surface area contributed by atoms with Gasteiger partial charge in [0.15, 0.2) is 0 Å². The molecule has 4 aromatic carbocycles. The summed E-state index contributed by atoms with van der Waals surface area (Å²) >= 11 is 1.17. The number of alkyl halides is 7. The molecule has 3 nitrogen and oxygen atoms in total. The first-order valence-electron chi connectivity index (χ1n) is 12.2. The summed E-state index contributed by atoms with van der Waals surface area (Å²) in [5, 5.41) is 0.301. The van der Waals surface area contributed by atoms with E-state index in [1.807, 2.05) is 13.0 Å². The standard InChI is InChI=1S/C29H13F12NO2S/c1-12-2-5-22-23(6-12)45-26(42-22)13-3-4-16(17(30)7-13)28(38,39)43-14-10-20(33)25(21(34)11-14)29(40,41)44-15-8-18(31)24(19(32)9-15)27(35,36)37/h2-11H,1H3. The van der Waals surface area contributed by atoms with E-state index in [1.54, 1.807) is 12.1 Å². The van der Waals surface area contributed by atoms with Gasteiger partial charge in [-0.2, -0.15) is 30.7 Å². The molecule has 0 aliphatic heterocycles. The van der Waals surface area contributed by atoms with Crippen LogP contribution in [0.1, 0.15) is 22.3 Å². The van der Waals surface area contributed by atoms with Crippen LogP contribution in [0.5, 0.6) is 11.5 Å². The lowest BCUT2D eigenvalue weighted by atomic mass is 10.1. The molecule has 16 heteroatoms. The van der Waals surface area contributed by atoms with E-state index in [9.17, 15) is 52.7 Å². The van der Waals surface area contributed by atoms with Gasteiger partial charge in [0.25, 0.3) is 0 Å². The molecule has 0 saturated heterocycles. The first-order chi connectivity index (χ1) is 20.9. The van der Waals surface area contributed by atoms with Crippen LogP contribution in [0.15, 0.2) is 60.7 Å². The highest BCUT2D eigenvalue weighted by Crippen LogP contribution is 2.42. The Bertz CT molecular complexity index is 1890. The van der Waals surface area contributed by atoms with Gasteiger partial charge in [-0.05, 0) is 36.8 Å². The minimum absolute atomic E-state index is 0.127. The summed E-state index contributed by atoms with van der Waals surface area (Å²) in [7, 11) is 0. The van der Waals surface area contributed by atoms with Crippen molar-refractivity contribution < 1.29 is 62.2 Å². The van der Waals surface area contributed by atoms with Gasteiger partial charge in [-0.25, -0.2) is 26.9 Å². The first-order valence-corrected chi connectivity index (χ1v) is 13.0. The molecule has 1 heterocycles. The third kappa shape index (κ3) is 6.36. The topological polar surface area (TPSA) is 31.4 Å². The molecule has 0 atom stereocenters. The average Bonchev–Trinajstić information content (AvgIpc) is 3.29. The summed E-state index contributed by atoms with van der Waals surface area (Å²) in [5.41, 5.74) is -4.44. The Labute approximate surface area is 248 Å². The Balaban J connectivity index is 1.38. The first kappa shape index (κ1) is 31.9. The fourth-order valence-electron chi connectivity index (χ4n) is 4.21. The maximum atomic E-state index is 14.9. The van der Waals surface area contributed by atoms with Crippen LogP contribution in [0.4, 0.5) is 52.7 Å². The number of aryl methyl sites for hydroxylation is 1. The Morgan fingerprint density at radius 3 is 1.67 bits per heavy atom. The number of hydrogen-bond acceptors (Lipinski definition) is 4. The normalized spacial score (nSPS) is 12.6. The quantitative estimate of drug-likeness (QED) is 0.162. The number of thiazole rings is 1. The monoisotopic (exact) mass is 667 g/mol. The molecule has 0 N–H and O–H groups in total. The molecule has 0 unspecified atom stereocenters. The fraction of sp³-hybridized carbons (Fsp3) is 0.138. The van der Waals surface area contributed by atoms with Crippen LogP contribution in [0.2, 0.25) is 0 Å². The maximum Gasteiger partial charge on any atom is 0.432 e. The molecule has 1 aromatic heterocycles. The third-order valence-corrected chi connectivity index (χ3v) is 7.24. The van der Waals surface area contributed by atoms with Gasteiger partial charge in [0, 0.05) is 29.8 Å². The average molecular weight is 667 g/mol. The van der Waals surface area contributed by atoms with Crippen molar-refractivity contribution in [2.75, 3.05) is 0 Å². The van der Waals surface area contributed by atoms with Crippen molar-refractivity contribution in [3.8, 4) is 22.1 Å². The molecule has 5 rings (SSSR count). The predicted octanol–water partition coefficient (Wildman–Crippen LogP) is 10.2. The second-order valence-electron chi connectivity index (χ2n) is 9.44. The second kappa shape index (κ2) is 11.2. The highest BCUT2D eigenvalue weighted by molar-refractivity contribution is 7.21. The number of nitrogens with zero attached hydrogens (tertiary/aromatic N) is 1. The fourth-order valence-corrected chi connectivity index (χ4v) is 5.27. The highest BCUT2D eigenvalue weighted by atomic mass is 32.1. The molecule has 0 aliphatic carbocycles. The second-order valence-corrected chi connectivity index (χ2v) is 10.5. The highest BCUT2D eigenvalue weighted by Gasteiger charge is 2.44. The van der Waals surface area contributed by atoms with E-state index in [1.165, 1.54) is 11.3 Å². The smallest absolute Gasteiger partial charge is 0.429 e. The maximum absolute atomic E-state index is 14.9. The lowest BCUT2D eigenvalue weighted by Gasteiger charge is -2.22. The largest absolute Gasteiger partial charge is 0.432 e. The number of fused-ring (bicyclic) bond motifs is 1. The van der Waals surface area contributed by atoms with Crippen LogP contribution in [-0.4, -0.2) is 4.98 Å². The molecule has 45 heavy (non-hydrogen) atoms. The summed E-state index contributed by atoms with van der Waals surface area (Å²) in [6, 6.07) is 6.92. The Morgan fingerprint density at radius 2 is 1.13 bits per heavy atom. The van der Waals surface area contributed by atoms with Crippen LogP contribution in [0.3, 0.4) is 0 Å². The van der Waals surface area contributed by atoms with E-state index in [2.05, 4.69) is 14.5 Å². The number of benzene rings is 4. The van der Waals surface area contributed by atoms with Gasteiger partial charge in [0.05, 0.1) is 15.8 Å². The molecule has 5 aromatic rings. The van der Waals surface area contributed by atoms with Crippen LogP contribution >= 0.6 is 11.3 Å². The third-order valence-electron chi connectivity index (χ3n) is 6.17. The van der Waals surface area contributed by atoms with Gasteiger partial charge in [-0.15, -0.1) is 11.3 Å². The van der Waals surface area contributed by atoms with Crippen molar-refractivity contribution in [1.82, 2.24) is 4.98 Å². The summed E-state index contributed by atoms with van der Waals surface area (Å²) in [6.45, 7) is 1.84. The number of ether oxygens (including phenoxy) is 2. The Morgan fingerprint density at radius 1 is 0.600 bits per heavy atom. The number of hydrogen-bond donors (Lipinski definition) is 0. The van der Waals surface area contributed by atoms with Crippen LogP contribution in [0, 0.1) is 36.0 Å². The van der Waals surface area contributed by atoms with E-state index in [0.717, 1.165) is 22.4 Å². The molecule has 0 radical (unpaired) electrons. The predicted molar refractivity (Wildman–Crippen MR) is 137 cm³/mol. The van der Waals surface area contributed by atoms with Gasteiger partial charge >= 0.3 is 18.4 Å². The molecular formula is C29H13F12NO2S. The van der Waals surface area contributed by atoms with Gasteiger partial charge in [0.1, 0.15) is 56.7 Å². The summed E-state index contributed by atoms with van der Waals surface area (Å²) in [6.07, 6.45) is -15.3. The summed E-state index contributed by atoms with van der Waals surface area (Å²) in [5.74, 6) is -13.7. The van der Waals surface area contributed by atoms with E-state index in [-0.39, 0.29) is 29.8 Å². The SMILES string of the molecule is Cc1ccc2nc(-c3ccc(C(F)(F)Oc4cc(F)c(C(F)(F)Oc5cc(F)c(C(F)(F)F)c(F)c5)c(F)c4)c(F)c3)sc2c1. The Hall–Kier alpha value is -4.47. The molecule has 0 spiro atoms. The van der Waals surface area contributed by atoms with Crippen molar-refractivity contribution in [3.63, 3.8) is 0 Å². The molecule has 0 fully saturated rings. The minimum atomic E-state index is -5.55. The molecule has 0 saturated carbocycles. The van der Waals surface area contributed by atoms with E-state index >= 15 is 0 Å². The van der Waals surface area contributed by atoms with Crippen LogP contribution < -0.4 is 9.47 Å². The molecule has 0 aliphatic rings. The van der Waals surface area contributed by atoms with E-state index in [0.29, 0.717) is 16.6 Å². The zero-order chi connectivity index (χ0) is 33.1. The van der Waals surface area contributed by atoms with Gasteiger partial charge in [-0.3, -0.25) is 0 Å². The van der Waals surface area contributed by atoms with Crippen molar-refractivity contribution in [1.29, 1.82) is 0 Å². The Kier molecular flexibility index (Phi) is 7.92. The van der Waals surface area contributed by atoms with Crippen LogP contribution in [0.25, 0.3) is 20.8 Å². The summed E-state index contributed by atoms with van der Waals surface area (Å²) in [4.78, 5) is 4.32. The zero-order valence-corrected chi connectivity index (χ0v) is 22.8. The number of rotatable bonds is 7. The lowest BCUT2D eigenvalue weighted by molar-refractivity contribution is -0.191. The van der Waals surface area contributed by atoms with Crippen LogP contribution in [-0.2, 0) is 18.4 Å². The van der Waals surface area contributed by atoms with Gasteiger partial charge in [0.2, 0.25) is 0 Å². The summed E-state index contributed by atoms with van der Waals surface area (Å²) < 4.78 is 177. The van der Waals surface area contributed by atoms with Gasteiger partial charge < -0.3 is 9.47 Å². The van der Waals surface area contributed by atoms with Crippen molar-refractivity contribution >= 4 is 21.6 Å².